The predicted molar refractivity (Wildman–Crippen MR) is 70.3 cm³/mol. The quantitative estimate of drug-likeness (QED) is 0.851. The lowest BCUT2D eigenvalue weighted by atomic mass is 10.0. The van der Waals surface area contributed by atoms with Crippen LogP contribution in [0.1, 0.15) is 22.7 Å². The number of nitrogens with one attached hydrogen (secondary N) is 1. The van der Waals surface area contributed by atoms with Crippen LogP contribution in [0.15, 0.2) is 22.6 Å². The molecule has 1 N–H and O–H groups in total. The zero-order valence-corrected chi connectivity index (χ0v) is 10.8. The first-order chi connectivity index (χ1) is 9.22. The zero-order chi connectivity index (χ0) is 13.2. The van der Waals surface area contributed by atoms with Crippen molar-refractivity contribution in [2.24, 2.45) is 0 Å². The summed E-state index contributed by atoms with van der Waals surface area (Å²) in [5.41, 5.74) is 2.12. The SMILES string of the molecule is Cc1nc2cc(C(=O)CC3COCCN3)ccc2o1. The van der Waals surface area contributed by atoms with Gasteiger partial charge in [0.1, 0.15) is 5.52 Å². The van der Waals surface area contributed by atoms with E-state index in [-0.39, 0.29) is 11.8 Å². The number of aromatic nitrogens is 1. The van der Waals surface area contributed by atoms with Crippen molar-refractivity contribution in [3.05, 3.63) is 29.7 Å². The maximum atomic E-state index is 12.2. The maximum absolute atomic E-state index is 12.2. The Morgan fingerprint density at radius 1 is 1.53 bits per heavy atom. The van der Waals surface area contributed by atoms with E-state index >= 15 is 0 Å². The molecule has 0 radical (unpaired) electrons. The van der Waals surface area contributed by atoms with Crippen LogP contribution in [-0.2, 0) is 4.74 Å². The number of Topliss-reactive ketones (excluding diaryl/α,β-unsaturated/α-hetero) is 1. The first kappa shape index (κ1) is 12.3. The van der Waals surface area contributed by atoms with E-state index in [0.717, 1.165) is 18.7 Å². The van der Waals surface area contributed by atoms with Crippen molar-refractivity contribution < 1.29 is 13.9 Å². The van der Waals surface area contributed by atoms with Gasteiger partial charge in [-0.05, 0) is 18.2 Å². The molecule has 3 rings (SSSR count). The van der Waals surface area contributed by atoms with Crippen LogP contribution in [0.5, 0.6) is 0 Å². The van der Waals surface area contributed by atoms with Crippen molar-refractivity contribution in [1.29, 1.82) is 0 Å². The van der Waals surface area contributed by atoms with E-state index in [9.17, 15) is 4.79 Å². The van der Waals surface area contributed by atoms with Gasteiger partial charge in [-0.25, -0.2) is 4.98 Å². The first-order valence-electron chi connectivity index (χ1n) is 6.44. The molecule has 0 amide bonds. The number of benzene rings is 1. The number of hydrogen-bond acceptors (Lipinski definition) is 5. The van der Waals surface area contributed by atoms with Crippen molar-refractivity contribution in [2.45, 2.75) is 19.4 Å². The summed E-state index contributed by atoms with van der Waals surface area (Å²) >= 11 is 0. The molecular weight excluding hydrogens is 244 g/mol. The summed E-state index contributed by atoms with van der Waals surface area (Å²) in [5, 5.41) is 3.28. The number of hydrogen-bond donors (Lipinski definition) is 1. The minimum Gasteiger partial charge on any atom is -0.441 e. The molecule has 1 saturated heterocycles. The molecule has 1 aromatic carbocycles. The van der Waals surface area contributed by atoms with Gasteiger partial charge in [0.2, 0.25) is 0 Å². The minimum atomic E-state index is 0.102. The van der Waals surface area contributed by atoms with Gasteiger partial charge in [-0.15, -0.1) is 0 Å². The molecule has 1 aliphatic rings. The predicted octanol–water partition coefficient (Wildman–Crippen LogP) is 1.70. The van der Waals surface area contributed by atoms with E-state index in [0.29, 0.717) is 30.1 Å². The van der Waals surface area contributed by atoms with E-state index < -0.39 is 0 Å². The number of morpholine rings is 1. The van der Waals surface area contributed by atoms with Crippen molar-refractivity contribution in [3.63, 3.8) is 0 Å². The number of rotatable bonds is 3. The average molecular weight is 260 g/mol. The molecule has 5 heteroatoms. The minimum absolute atomic E-state index is 0.102. The van der Waals surface area contributed by atoms with Gasteiger partial charge in [0.15, 0.2) is 17.3 Å². The number of carbonyl (C=O) groups is 1. The lowest BCUT2D eigenvalue weighted by Gasteiger charge is -2.23. The molecule has 100 valence electrons. The number of aryl methyl sites for hydroxylation is 1. The summed E-state index contributed by atoms with van der Waals surface area (Å²) in [6.45, 7) is 3.91. The smallest absolute Gasteiger partial charge is 0.192 e. The normalized spacial score (nSPS) is 19.7. The zero-order valence-electron chi connectivity index (χ0n) is 10.8. The second kappa shape index (κ2) is 5.11. The molecule has 5 nitrogen and oxygen atoms in total. The largest absolute Gasteiger partial charge is 0.441 e. The molecule has 1 fully saturated rings. The number of oxazole rings is 1. The third kappa shape index (κ3) is 2.67. The number of ketones is 1. The Labute approximate surface area is 111 Å². The van der Waals surface area contributed by atoms with E-state index in [2.05, 4.69) is 10.3 Å². The van der Waals surface area contributed by atoms with Gasteiger partial charge in [0.25, 0.3) is 0 Å². The van der Waals surface area contributed by atoms with Crippen molar-refractivity contribution >= 4 is 16.9 Å². The lowest BCUT2D eigenvalue weighted by Crippen LogP contribution is -2.42. The van der Waals surface area contributed by atoms with Crippen LogP contribution in [-0.4, -0.2) is 36.6 Å². The Bertz CT molecular complexity index is 600. The molecule has 19 heavy (non-hydrogen) atoms. The molecule has 0 aliphatic carbocycles. The van der Waals surface area contributed by atoms with Gasteiger partial charge in [0, 0.05) is 31.5 Å². The van der Waals surface area contributed by atoms with Gasteiger partial charge in [0.05, 0.1) is 13.2 Å². The summed E-state index contributed by atoms with van der Waals surface area (Å²) in [6.07, 6.45) is 0.447. The van der Waals surface area contributed by atoms with Crippen molar-refractivity contribution in [3.8, 4) is 0 Å². The Balaban J connectivity index is 1.76. The fraction of sp³-hybridized carbons (Fsp3) is 0.429. The Morgan fingerprint density at radius 3 is 3.21 bits per heavy atom. The molecule has 2 aromatic rings. The van der Waals surface area contributed by atoms with Crippen LogP contribution in [0.2, 0.25) is 0 Å². The highest BCUT2D eigenvalue weighted by molar-refractivity contribution is 5.99. The second-order valence-electron chi connectivity index (χ2n) is 4.77. The second-order valence-corrected chi connectivity index (χ2v) is 4.77. The third-order valence-corrected chi connectivity index (χ3v) is 3.25. The topological polar surface area (TPSA) is 64.4 Å². The van der Waals surface area contributed by atoms with Gasteiger partial charge >= 0.3 is 0 Å². The number of ether oxygens (including phenoxy) is 1. The van der Waals surface area contributed by atoms with Crippen LogP contribution in [0.3, 0.4) is 0 Å². The Hall–Kier alpha value is -1.72. The summed E-state index contributed by atoms with van der Waals surface area (Å²) in [6, 6.07) is 5.49. The fourth-order valence-electron chi connectivity index (χ4n) is 2.31. The van der Waals surface area contributed by atoms with E-state index in [1.165, 1.54) is 0 Å². The number of nitrogens with zero attached hydrogens (tertiary/aromatic N) is 1. The van der Waals surface area contributed by atoms with E-state index in [1.807, 2.05) is 0 Å². The maximum Gasteiger partial charge on any atom is 0.192 e. The summed E-state index contributed by atoms with van der Waals surface area (Å²) in [7, 11) is 0. The van der Waals surface area contributed by atoms with Gasteiger partial charge < -0.3 is 14.5 Å². The molecule has 1 atom stereocenters. The summed E-state index contributed by atoms with van der Waals surface area (Å²) in [5.74, 6) is 0.715. The van der Waals surface area contributed by atoms with Crippen LogP contribution < -0.4 is 5.32 Å². The highest BCUT2D eigenvalue weighted by Crippen LogP contribution is 2.18. The Kier molecular flexibility index (Phi) is 3.31. The molecule has 1 unspecified atom stereocenters. The van der Waals surface area contributed by atoms with Crippen LogP contribution in [0, 0.1) is 6.92 Å². The van der Waals surface area contributed by atoms with E-state index in [4.69, 9.17) is 9.15 Å². The highest BCUT2D eigenvalue weighted by atomic mass is 16.5. The van der Waals surface area contributed by atoms with E-state index in [1.54, 1.807) is 25.1 Å². The molecule has 0 bridgehead atoms. The van der Waals surface area contributed by atoms with Gasteiger partial charge in [-0.3, -0.25) is 4.79 Å². The fourth-order valence-corrected chi connectivity index (χ4v) is 2.31. The first-order valence-corrected chi connectivity index (χ1v) is 6.44. The molecule has 0 saturated carbocycles. The van der Waals surface area contributed by atoms with Crippen molar-refractivity contribution in [2.75, 3.05) is 19.8 Å². The highest BCUT2D eigenvalue weighted by Gasteiger charge is 2.18. The molecule has 2 heterocycles. The molecule has 1 aliphatic heterocycles. The van der Waals surface area contributed by atoms with Gasteiger partial charge in [-0.2, -0.15) is 0 Å². The standard InChI is InChI=1S/C14H16N2O3/c1-9-16-12-6-10(2-3-14(12)19-9)13(17)7-11-8-18-5-4-15-11/h2-3,6,11,15H,4-5,7-8H2,1H3. The average Bonchev–Trinajstić information content (AvgIpc) is 2.78. The van der Waals surface area contributed by atoms with Crippen LogP contribution in [0.25, 0.3) is 11.1 Å². The number of fused-ring (bicyclic) bond motifs is 1. The molecule has 0 spiro atoms. The summed E-state index contributed by atoms with van der Waals surface area (Å²) < 4.78 is 10.7. The monoisotopic (exact) mass is 260 g/mol. The Morgan fingerprint density at radius 2 is 2.42 bits per heavy atom. The van der Waals surface area contributed by atoms with Gasteiger partial charge in [-0.1, -0.05) is 0 Å². The van der Waals surface area contributed by atoms with Crippen molar-refractivity contribution in [1.82, 2.24) is 10.3 Å². The molecular formula is C14H16N2O3. The van der Waals surface area contributed by atoms with Crippen LogP contribution in [0.4, 0.5) is 0 Å². The number of carbonyl (C=O) groups excluding carboxylic acids is 1. The van der Waals surface area contributed by atoms with Crippen LogP contribution >= 0.6 is 0 Å². The third-order valence-electron chi connectivity index (χ3n) is 3.25. The lowest BCUT2D eigenvalue weighted by molar-refractivity contribution is 0.0676. The molecule has 1 aromatic heterocycles. The summed E-state index contributed by atoms with van der Waals surface area (Å²) in [4.78, 5) is 16.5.